The molecule has 29 heavy (non-hydrogen) atoms. The highest BCUT2D eigenvalue weighted by Crippen LogP contribution is 2.37. The first kappa shape index (κ1) is 23.3. The molecule has 0 amide bonds. The lowest BCUT2D eigenvalue weighted by molar-refractivity contribution is -0.0782. The lowest BCUT2D eigenvalue weighted by Gasteiger charge is -2.30. The fourth-order valence-corrected chi connectivity index (χ4v) is 3.89. The SMILES string of the molecule is COC(O)c1c(Nc2c(NC(C)C(C)(C)C)c(=O)c2=O)ccc(Cl)c1S(N)(=O)=O. The third-order valence-corrected chi connectivity index (χ3v) is 6.17. The molecule has 0 heterocycles. The van der Waals surface area contributed by atoms with Crippen LogP contribution in [0.25, 0.3) is 0 Å². The Kier molecular flexibility index (Phi) is 6.46. The molecule has 0 aliphatic rings. The Hall–Kier alpha value is -1.98. The number of primary sulfonamides is 1. The standard InChI is InChI=1S/C18H24ClN3O6S/c1-8(18(2,3)4)21-12-13(15(24)14(12)23)22-10-7-6-9(19)16(29(20,26)27)11(10)17(25)28-5/h6-8,17,21-22,25H,1-5H3,(H2,20,26,27). The average molecular weight is 446 g/mol. The lowest BCUT2D eigenvalue weighted by atomic mass is 9.87. The van der Waals surface area contributed by atoms with Gasteiger partial charge in [0.2, 0.25) is 10.0 Å². The van der Waals surface area contributed by atoms with E-state index in [4.69, 9.17) is 21.5 Å². The van der Waals surface area contributed by atoms with Gasteiger partial charge in [0.1, 0.15) is 16.3 Å². The van der Waals surface area contributed by atoms with Crippen LogP contribution < -0.4 is 26.6 Å². The molecule has 2 aromatic carbocycles. The number of halogens is 1. The van der Waals surface area contributed by atoms with E-state index < -0.39 is 32.1 Å². The second-order valence-electron chi connectivity index (χ2n) is 7.74. The molecule has 0 saturated carbocycles. The molecule has 2 unspecified atom stereocenters. The van der Waals surface area contributed by atoms with Gasteiger partial charge in [-0.25, -0.2) is 13.6 Å². The van der Waals surface area contributed by atoms with Crippen LogP contribution in [0.4, 0.5) is 17.1 Å². The molecule has 0 bridgehead atoms. The lowest BCUT2D eigenvalue weighted by Crippen LogP contribution is -2.41. The van der Waals surface area contributed by atoms with Crippen LogP contribution in [-0.4, -0.2) is 26.7 Å². The van der Waals surface area contributed by atoms with Gasteiger partial charge in [0.15, 0.2) is 6.29 Å². The second-order valence-corrected chi connectivity index (χ2v) is 9.64. The number of benzene rings is 1. The zero-order valence-electron chi connectivity index (χ0n) is 16.7. The number of rotatable bonds is 7. The first-order chi connectivity index (χ1) is 13.2. The molecule has 0 saturated heterocycles. The number of nitrogens with two attached hydrogens (primary N) is 1. The van der Waals surface area contributed by atoms with E-state index in [9.17, 15) is 23.1 Å². The fraction of sp³-hybridized carbons (Fsp3) is 0.444. The van der Waals surface area contributed by atoms with Gasteiger partial charge in [-0.05, 0) is 24.5 Å². The minimum Gasteiger partial charge on any atom is -0.377 e. The number of methoxy groups -OCH3 is 1. The largest absolute Gasteiger partial charge is 0.377 e. The van der Waals surface area contributed by atoms with Crippen molar-refractivity contribution in [3.05, 3.63) is 43.2 Å². The molecule has 2 rings (SSSR count). The van der Waals surface area contributed by atoms with Crippen molar-refractivity contribution in [1.29, 1.82) is 0 Å². The summed E-state index contributed by atoms with van der Waals surface area (Å²) in [5, 5.41) is 20.9. The van der Waals surface area contributed by atoms with Crippen LogP contribution in [0.1, 0.15) is 39.5 Å². The summed E-state index contributed by atoms with van der Waals surface area (Å²) in [6.07, 6.45) is -1.71. The predicted molar refractivity (Wildman–Crippen MR) is 112 cm³/mol. The Labute approximate surface area is 173 Å². The van der Waals surface area contributed by atoms with Crippen LogP contribution in [0, 0.1) is 5.41 Å². The van der Waals surface area contributed by atoms with E-state index in [2.05, 4.69) is 10.6 Å². The number of nitrogens with one attached hydrogen (secondary N) is 2. The summed E-state index contributed by atoms with van der Waals surface area (Å²) >= 11 is 5.97. The monoisotopic (exact) mass is 445 g/mol. The van der Waals surface area contributed by atoms with Crippen molar-refractivity contribution in [3.8, 4) is 0 Å². The van der Waals surface area contributed by atoms with Crippen molar-refractivity contribution < 1.29 is 18.3 Å². The summed E-state index contributed by atoms with van der Waals surface area (Å²) in [5.74, 6) is 0. The Morgan fingerprint density at radius 3 is 2.21 bits per heavy atom. The average Bonchev–Trinajstić information content (AvgIpc) is 2.61. The molecule has 0 aromatic heterocycles. The first-order valence-electron chi connectivity index (χ1n) is 8.63. The topological polar surface area (TPSA) is 148 Å². The Morgan fingerprint density at radius 1 is 1.17 bits per heavy atom. The summed E-state index contributed by atoms with van der Waals surface area (Å²) in [5.41, 5.74) is -1.93. The van der Waals surface area contributed by atoms with E-state index in [0.29, 0.717) is 0 Å². The third-order valence-electron chi connectivity index (χ3n) is 4.73. The smallest absolute Gasteiger partial charge is 0.253 e. The number of ether oxygens (including phenoxy) is 1. The van der Waals surface area contributed by atoms with E-state index >= 15 is 0 Å². The van der Waals surface area contributed by atoms with Crippen molar-refractivity contribution in [1.82, 2.24) is 0 Å². The molecule has 5 N–H and O–H groups in total. The zero-order valence-corrected chi connectivity index (χ0v) is 18.2. The van der Waals surface area contributed by atoms with E-state index in [0.717, 1.165) is 7.11 Å². The fourth-order valence-electron chi connectivity index (χ4n) is 2.55. The van der Waals surface area contributed by atoms with Gasteiger partial charge in [-0.3, -0.25) is 9.59 Å². The molecule has 160 valence electrons. The van der Waals surface area contributed by atoms with Crippen LogP contribution in [0.2, 0.25) is 5.02 Å². The van der Waals surface area contributed by atoms with Gasteiger partial charge in [-0.15, -0.1) is 0 Å². The molecule has 2 atom stereocenters. The van der Waals surface area contributed by atoms with E-state index in [-0.39, 0.29) is 39.1 Å². The van der Waals surface area contributed by atoms with E-state index in [1.165, 1.54) is 12.1 Å². The molecule has 0 fully saturated rings. The van der Waals surface area contributed by atoms with Gasteiger partial charge in [0.25, 0.3) is 10.9 Å². The Morgan fingerprint density at radius 2 is 1.72 bits per heavy atom. The van der Waals surface area contributed by atoms with Gasteiger partial charge in [-0.1, -0.05) is 32.4 Å². The summed E-state index contributed by atoms with van der Waals surface area (Å²) in [4.78, 5) is 23.6. The van der Waals surface area contributed by atoms with Crippen LogP contribution in [-0.2, 0) is 14.8 Å². The van der Waals surface area contributed by atoms with Gasteiger partial charge in [0.05, 0.1) is 10.6 Å². The molecule has 0 radical (unpaired) electrons. The van der Waals surface area contributed by atoms with Crippen molar-refractivity contribution >= 4 is 38.7 Å². The normalized spacial score (nSPS) is 14.6. The molecule has 11 heteroatoms. The highest BCUT2D eigenvalue weighted by atomic mass is 35.5. The summed E-state index contributed by atoms with van der Waals surface area (Å²) < 4.78 is 28.9. The van der Waals surface area contributed by atoms with Gasteiger partial charge >= 0.3 is 0 Å². The number of aliphatic hydroxyl groups excluding tert-OH is 1. The van der Waals surface area contributed by atoms with E-state index in [1.54, 1.807) is 0 Å². The maximum Gasteiger partial charge on any atom is 0.253 e. The zero-order chi connectivity index (χ0) is 22.3. The van der Waals surface area contributed by atoms with Crippen molar-refractivity contribution in [3.63, 3.8) is 0 Å². The predicted octanol–water partition coefficient (Wildman–Crippen LogP) is 1.81. The van der Waals surface area contributed by atoms with E-state index in [1.807, 2.05) is 27.7 Å². The Balaban J connectivity index is 2.59. The summed E-state index contributed by atoms with van der Waals surface area (Å²) in [6.45, 7) is 7.76. The number of hydrogen-bond acceptors (Lipinski definition) is 8. The van der Waals surface area contributed by atoms with Crippen molar-refractivity contribution in [2.24, 2.45) is 10.6 Å². The number of sulfonamides is 1. The van der Waals surface area contributed by atoms with Crippen molar-refractivity contribution in [2.75, 3.05) is 17.7 Å². The first-order valence-corrected chi connectivity index (χ1v) is 10.6. The number of anilines is 3. The molecule has 0 aliphatic heterocycles. The maximum absolute atomic E-state index is 12.1. The quantitative estimate of drug-likeness (QED) is 0.372. The van der Waals surface area contributed by atoms with Gasteiger partial charge in [0, 0.05) is 18.8 Å². The molecule has 2 aromatic rings. The minimum absolute atomic E-state index is 0.00587. The van der Waals surface area contributed by atoms with Crippen LogP contribution >= 0.6 is 11.6 Å². The number of aliphatic hydroxyl groups is 1. The van der Waals surface area contributed by atoms with Crippen LogP contribution in [0.3, 0.4) is 0 Å². The highest BCUT2D eigenvalue weighted by molar-refractivity contribution is 7.89. The maximum atomic E-state index is 12.1. The third kappa shape index (κ3) is 4.62. The molecule has 0 aliphatic carbocycles. The van der Waals surface area contributed by atoms with Crippen LogP contribution in [0.15, 0.2) is 26.6 Å². The van der Waals surface area contributed by atoms with Crippen molar-refractivity contribution in [2.45, 2.75) is 44.9 Å². The second kappa shape index (κ2) is 8.04. The minimum atomic E-state index is -4.34. The number of hydrogen-bond donors (Lipinski definition) is 4. The molecule has 0 spiro atoms. The van der Waals surface area contributed by atoms with Gasteiger partial charge < -0.3 is 20.5 Å². The summed E-state index contributed by atoms with van der Waals surface area (Å²) in [6, 6.07) is 2.44. The molecular formula is C18H24ClN3O6S. The van der Waals surface area contributed by atoms with Crippen LogP contribution in [0.5, 0.6) is 0 Å². The molecule has 9 nitrogen and oxygen atoms in total. The van der Waals surface area contributed by atoms with Gasteiger partial charge in [-0.2, -0.15) is 0 Å². The molecular weight excluding hydrogens is 422 g/mol. The Bertz CT molecular complexity index is 1100. The summed E-state index contributed by atoms with van der Waals surface area (Å²) in [7, 11) is -3.19. The highest BCUT2D eigenvalue weighted by Gasteiger charge is 2.30.